The molecule has 0 aliphatic heterocycles. The lowest BCUT2D eigenvalue weighted by molar-refractivity contribution is 0.0896. The van der Waals surface area contributed by atoms with Gasteiger partial charge in [-0.25, -0.2) is 0 Å². The van der Waals surface area contributed by atoms with Crippen LogP contribution in [-0.2, 0) is 0 Å². The maximum Gasteiger partial charge on any atom is 0.261 e. The van der Waals surface area contributed by atoms with Crippen molar-refractivity contribution in [2.24, 2.45) is 0 Å². The lowest BCUT2D eigenvalue weighted by Gasteiger charge is -2.15. The van der Waals surface area contributed by atoms with E-state index < -0.39 is 6.10 Å². The molecule has 1 atom stereocenters. The third kappa shape index (κ3) is 4.42. The van der Waals surface area contributed by atoms with E-state index in [2.05, 4.69) is 5.32 Å². The number of hydrogen-bond acceptors (Lipinski definition) is 4. The summed E-state index contributed by atoms with van der Waals surface area (Å²) in [6.07, 6.45) is -0.524. The molecule has 1 aromatic heterocycles. The molecule has 0 saturated carbocycles. The van der Waals surface area contributed by atoms with Crippen molar-refractivity contribution in [2.45, 2.75) is 6.10 Å². The zero-order chi connectivity index (χ0) is 11.3. The molecule has 1 amide bonds. The van der Waals surface area contributed by atoms with Gasteiger partial charge in [-0.3, -0.25) is 4.79 Å². The standard InChI is InChI=1S/C10H16N2O2S/c1-12(2)7-8(13)6-11-10(14)9-4-3-5-15-9/h3-5,8,13H,6-7H2,1-2H3,(H,11,14). The van der Waals surface area contributed by atoms with Gasteiger partial charge in [-0.2, -0.15) is 0 Å². The molecule has 2 N–H and O–H groups in total. The Labute approximate surface area is 93.5 Å². The first kappa shape index (κ1) is 12.2. The number of nitrogens with one attached hydrogen (secondary N) is 1. The van der Waals surface area contributed by atoms with Gasteiger partial charge in [0.2, 0.25) is 0 Å². The molecule has 15 heavy (non-hydrogen) atoms. The largest absolute Gasteiger partial charge is 0.390 e. The van der Waals surface area contributed by atoms with Gasteiger partial charge in [-0.1, -0.05) is 6.07 Å². The molecular formula is C10H16N2O2S. The molecule has 0 radical (unpaired) electrons. The Morgan fingerprint density at radius 3 is 2.93 bits per heavy atom. The molecule has 0 aliphatic carbocycles. The topological polar surface area (TPSA) is 52.6 Å². The summed E-state index contributed by atoms with van der Waals surface area (Å²) in [6, 6.07) is 3.59. The first-order valence-electron chi connectivity index (χ1n) is 4.74. The van der Waals surface area contributed by atoms with Gasteiger partial charge in [0.15, 0.2) is 0 Å². The number of aliphatic hydroxyl groups is 1. The van der Waals surface area contributed by atoms with Gasteiger partial charge in [0, 0.05) is 13.1 Å². The highest BCUT2D eigenvalue weighted by Gasteiger charge is 2.09. The number of rotatable bonds is 5. The van der Waals surface area contributed by atoms with Crippen molar-refractivity contribution >= 4 is 17.2 Å². The first-order chi connectivity index (χ1) is 7.09. The summed E-state index contributed by atoms with van der Waals surface area (Å²) in [5.74, 6) is -0.122. The van der Waals surface area contributed by atoms with E-state index in [1.807, 2.05) is 30.4 Å². The Kier molecular flexibility index (Phi) is 4.74. The van der Waals surface area contributed by atoms with E-state index in [0.29, 0.717) is 11.4 Å². The van der Waals surface area contributed by atoms with Gasteiger partial charge in [-0.15, -0.1) is 11.3 Å². The zero-order valence-corrected chi connectivity index (χ0v) is 9.75. The molecule has 4 nitrogen and oxygen atoms in total. The van der Waals surface area contributed by atoms with Crippen molar-refractivity contribution in [2.75, 3.05) is 27.2 Å². The predicted molar refractivity (Wildman–Crippen MR) is 61.2 cm³/mol. The van der Waals surface area contributed by atoms with Crippen LogP contribution in [0.25, 0.3) is 0 Å². The number of nitrogens with zero attached hydrogens (tertiary/aromatic N) is 1. The number of thiophene rings is 1. The Balaban J connectivity index is 2.28. The molecule has 0 spiro atoms. The van der Waals surface area contributed by atoms with Crippen LogP contribution in [0.1, 0.15) is 9.67 Å². The molecule has 0 bridgehead atoms. The Hall–Kier alpha value is -0.910. The molecule has 0 aromatic carbocycles. The minimum absolute atomic E-state index is 0.122. The Bertz CT molecular complexity index is 298. The molecule has 1 aromatic rings. The maximum atomic E-state index is 11.5. The predicted octanol–water partition coefficient (Wildman–Crippen LogP) is 0.400. The third-order valence-electron chi connectivity index (χ3n) is 1.82. The van der Waals surface area contributed by atoms with Crippen LogP contribution in [0.2, 0.25) is 0 Å². The van der Waals surface area contributed by atoms with Crippen molar-refractivity contribution in [1.82, 2.24) is 10.2 Å². The number of carbonyl (C=O) groups excluding carboxylic acids is 1. The summed E-state index contributed by atoms with van der Waals surface area (Å²) < 4.78 is 0. The molecule has 5 heteroatoms. The SMILES string of the molecule is CN(C)CC(O)CNC(=O)c1cccs1. The van der Waals surface area contributed by atoms with Crippen LogP contribution in [0.4, 0.5) is 0 Å². The second-order valence-electron chi connectivity index (χ2n) is 3.60. The number of amides is 1. The fraction of sp³-hybridized carbons (Fsp3) is 0.500. The number of carbonyl (C=O) groups is 1. The van der Waals surface area contributed by atoms with Gasteiger partial charge in [0.1, 0.15) is 0 Å². The van der Waals surface area contributed by atoms with Gasteiger partial charge >= 0.3 is 0 Å². The van der Waals surface area contributed by atoms with Gasteiger partial charge < -0.3 is 15.3 Å². The molecule has 1 rings (SSSR count). The fourth-order valence-corrected chi connectivity index (χ4v) is 1.83. The van der Waals surface area contributed by atoms with Gasteiger partial charge in [0.05, 0.1) is 11.0 Å². The van der Waals surface area contributed by atoms with Crippen molar-refractivity contribution in [3.63, 3.8) is 0 Å². The van der Waals surface area contributed by atoms with Crippen LogP contribution in [0.3, 0.4) is 0 Å². The fourth-order valence-electron chi connectivity index (χ4n) is 1.19. The maximum absolute atomic E-state index is 11.5. The molecule has 0 fully saturated rings. The van der Waals surface area contributed by atoms with Gasteiger partial charge in [0.25, 0.3) is 5.91 Å². The average Bonchev–Trinajstić information content (AvgIpc) is 2.65. The van der Waals surface area contributed by atoms with E-state index in [1.165, 1.54) is 11.3 Å². The van der Waals surface area contributed by atoms with E-state index in [4.69, 9.17) is 0 Å². The summed E-state index contributed by atoms with van der Waals surface area (Å²) in [4.78, 5) is 14.0. The van der Waals surface area contributed by atoms with Crippen molar-refractivity contribution in [3.05, 3.63) is 22.4 Å². The summed E-state index contributed by atoms with van der Waals surface area (Å²) in [5, 5.41) is 14.1. The Morgan fingerprint density at radius 2 is 2.40 bits per heavy atom. The van der Waals surface area contributed by atoms with Crippen molar-refractivity contribution < 1.29 is 9.90 Å². The lowest BCUT2D eigenvalue weighted by Crippen LogP contribution is -2.37. The summed E-state index contributed by atoms with van der Waals surface area (Å²) in [7, 11) is 3.76. The summed E-state index contributed by atoms with van der Waals surface area (Å²) in [6.45, 7) is 0.833. The van der Waals surface area contributed by atoms with Gasteiger partial charge in [-0.05, 0) is 25.5 Å². The smallest absolute Gasteiger partial charge is 0.261 e. The van der Waals surface area contributed by atoms with E-state index in [1.54, 1.807) is 6.07 Å². The molecule has 1 heterocycles. The second-order valence-corrected chi connectivity index (χ2v) is 4.55. The summed E-state index contributed by atoms with van der Waals surface area (Å²) in [5.41, 5.74) is 0. The molecule has 1 unspecified atom stereocenters. The van der Waals surface area contributed by atoms with Crippen LogP contribution in [0.15, 0.2) is 17.5 Å². The average molecular weight is 228 g/mol. The minimum atomic E-state index is -0.524. The van der Waals surface area contributed by atoms with Crippen LogP contribution in [0.5, 0.6) is 0 Å². The normalized spacial score (nSPS) is 12.8. The van der Waals surface area contributed by atoms with Crippen LogP contribution in [-0.4, -0.2) is 49.2 Å². The minimum Gasteiger partial charge on any atom is -0.390 e. The van der Waals surface area contributed by atoms with E-state index >= 15 is 0 Å². The van der Waals surface area contributed by atoms with E-state index in [0.717, 1.165) is 0 Å². The highest BCUT2D eigenvalue weighted by molar-refractivity contribution is 7.12. The third-order valence-corrected chi connectivity index (χ3v) is 2.69. The summed E-state index contributed by atoms with van der Waals surface area (Å²) >= 11 is 1.39. The van der Waals surface area contributed by atoms with Crippen molar-refractivity contribution in [1.29, 1.82) is 0 Å². The number of likely N-dealkylation sites (N-methyl/N-ethyl adjacent to an activating group) is 1. The molecule has 84 valence electrons. The highest BCUT2D eigenvalue weighted by atomic mass is 32.1. The van der Waals surface area contributed by atoms with Crippen molar-refractivity contribution in [3.8, 4) is 0 Å². The van der Waals surface area contributed by atoms with Crippen LogP contribution in [0, 0.1) is 0 Å². The quantitative estimate of drug-likeness (QED) is 0.767. The van der Waals surface area contributed by atoms with Crippen LogP contribution < -0.4 is 5.32 Å². The molecule has 0 aliphatic rings. The lowest BCUT2D eigenvalue weighted by atomic mass is 10.3. The zero-order valence-electron chi connectivity index (χ0n) is 8.93. The first-order valence-corrected chi connectivity index (χ1v) is 5.62. The second kappa shape index (κ2) is 5.85. The molecular weight excluding hydrogens is 212 g/mol. The van der Waals surface area contributed by atoms with E-state index in [9.17, 15) is 9.90 Å². The Morgan fingerprint density at radius 1 is 1.67 bits per heavy atom. The number of aliphatic hydroxyl groups excluding tert-OH is 1. The van der Waals surface area contributed by atoms with E-state index in [-0.39, 0.29) is 12.5 Å². The highest BCUT2D eigenvalue weighted by Crippen LogP contribution is 2.07. The number of hydrogen-bond donors (Lipinski definition) is 2. The monoisotopic (exact) mass is 228 g/mol. The van der Waals surface area contributed by atoms with Crippen LogP contribution >= 0.6 is 11.3 Å². The molecule has 0 saturated heterocycles.